The summed E-state index contributed by atoms with van der Waals surface area (Å²) in [4.78, 5) is 0. The summed E-state index contributed by atoms with van der Waals surface area (Å²) in [6, 6.07) is 10.6. The number of methoxy groups -OCH3 is 1. The van der Waals surface area contributed by atoms with E-state index >= 15 is 0 Å². The van der Waals surface area contributed by atoms with E-state index in [1.807, 2.05) is 6.07 Å². The second-order valence-electron chi connectivity index (χ2n) is 4.80. The van der Waals surface area contributed by atoms with Gasteiger partial charge in [0.05, 0.1) is 22.8 Å². The molecule has 0 atom stereocenters. The van der Waals surface area contributed by atoms with Crippen LogP contribution in [0.15, 0.2) is 36.4 Å². The number of nitrogens with one attached hydrogen (secondary N) is 1. The molecule has 9 heteroatoms. The van der Waals surface area contributed by atoms with E-state index < -0.39 is 0 Å². The van der Waals surface area contributed by atoms with Gasteiger partial charge in [-0.3, -0.25) is 0 Å². The van der Waals surface area contributed by atoms with Crippen molar-refractivity contribution in [3.63, 3.8) is 0 Å². The van der Waals surface area contributed by atoms with Crippen LogP contribution in [0.3, 0.4) is 0 Å². The topological polar surface area (TPSA) is 64.9 Å². The van der Waals surface area contributed by atoms with Gasteiger partial charge in [0.2, 0.25) is 5.95 Å². The molecule has 1 aromatic heterocycles. The number of hydrogen-bond donors (Lipinski definition) is 1. The van der Waals surface area contributed by atoms with Gasteiger partial charge in [0.15, 0.2) is 0 Å². The number of benzene rings is 2. The van der Waals surface area contributed by atoms with Gasteiger partial charge in [-0.2, -0.15) is 4.68 Å². The Morgan fingerprint density at radius 1 is 1.17 bits per heavy atom. The summed E-state index contributed by atoms with van der Waals surface area (Å²) in [5, 5.41) is 16.2. The molecule has 0 radical (unpaired) electrons. The number of aromatic nitrogens is 4. The van der Waals surface area contributed by atoms with Crippen LogP contribution in [0.4, 0.5) is 5.95 Å². The summed E-state index contributed by atoms with van der Waals surface area (Å²) in [7, 11) is 1.60. The van der Waals surface area contributed by atoms with Crippen LogP contribution in [0.5, 0.6) is 5.75 Å². The molecule has 0 spiro atoms. The lowest BCUT2D eigenvalue weighted by Gasteiger charge is -2.11. The first-order valence-electron chi connectivity index (χ1n) is 6.89. The molecule has 0 aliphatic rings. The van der Waals surface area contributed by atoms with E-state index in [4.69, 9.17) is 39.5 Å². The molecular weight excluding hydrogens is 373 g/mol. The molecule has 124 valence electrons. The summed E-state index contributed by atoms with van der Waals surface area (Å²) in [6.07, 6.45) is 0. The Labute approximate surface area is 153 Å². The first-order chi connectivity index (χ1) is 11.6. The monoisotopic (exact) mass is 383 g/mol. The molecule has 24 heavy (non-hydrogen) atoms. The Balaban J connectivity index is 1.87. The fourth-order valence-corrected chi connectivity index (χ4v) is 2.75. The van der Waals surface area contributed by atoms with Crippen LogP contribution < -0.4 is 10.1 Å². The minimum Gasteiger partial charge on any atom is -0.496 e. The normalized spacial score (nSPS) is 10.7. The van der Waals surface area contributed by atoms with Crippen LogP contribution in [-0.2, 0) is 6.54 Å². The van der Waals surface area contributed by atoms with Gasteiger partial charge in [-0.1, -0.05) is 46.0 Å². The Morgan fingerprint density at radius 2 is 2.00 bits per heavy atom. The first-order valence-corrected chi connectivity index (χ1v) is 8.02. The fraction of sp³-hybridized carbons (Fsp3) is 0.133. The number of hydrogen-bond acceptors (Lipinski definition) is 5. The minimum atomic E-state index is 0.370. The van der Waals surface area contributed by atoms with Crippen LogP contribution in [0.25, 0.3) is 5.69 Å². The lowest BCUT2D eigenvalue weighted by atomic mass is 10.2. The third kappa shape index (κ3) is 3.40. The predicted octanol–water partition coefficient (Wildman–Crippen LogP) is 4.24. The van der Waals surface area contributed by atoms with Crippen molar-refractivity contribution in [3.8, 4) is 11.4 Å². The van der Waals surface area contributed by atoms with Gasteiger partial charge in [0.1, 0.15) is 5.75 Å². The molecule has 1 heterocycles. The maximum Gasteiger partial charge on any atom is 0.248 e. The summed E-state index contributed by atoms with van der Waals surface area (Å²) < 4.78 is 6.80. The average molecular weight is 385 g/mol. The summed E-state index contributed by atoms with van der Waals surface area (Å²) in [5.74, 6) is 1.13. The molecule has 0 bridgehead atoms. The number of rotatable bonds is 5. The zero-order chi connectivity index (χ0) is 17.1. The molecule has 0 unspecified atom stereocenters. The highest BCUT2D eigenvalue weighted by atomic mass is 35.5. The van der Waals surface area contributed by atoms with Crippen LogP contribution in [0.2, 0.25) is 15.1 Å². The van der Waals surface area contributed by atoms with Crippen LogP contribution in [0, 0.1) is 0 Å². The third-order valence-corrected chi connectivity index (χ3v) is 4.35. The highest BCUT2D eigenvalue weighted by Gasteiger charge is 2.14. The number of halogens is 3. The van der Waals surface area contributed by atoms with Gasteiger partial charge in [0, 0.05) is 17.1 Å². The van der Waals surface area contributed by atoms with E-state index in [2.05, 4.69) is 20.8 Å². The number of tetrazole rings is 1. The number of anilines is 1. The summed E-state index contributed by atoms with van der Waals surface area (Å²) in [5.41, 5.74) is 1.45. The molecule has 0 aliphatic heterocycles. The van der Waals surface area contributed by atoms with Crippen molar-refractivity contribution in [2.24, 2.45) is 0 Å². The highest BCUT2D eigenvalue weighted by Crippen LogP contribution is 2.29. The number of nitrogens with zero attached hydrogens (tertiary/aromatic N) is 4. The summed E-state index contributed by atoms with van der Waals surface area (Å²) in [6.45, 7) is 0.419. The quantitative estimate of drug-likeness (QED) is 0.712. The largest absolute Gasteiger partial charge is 0.496 e. The first kappa shape index (κ1) is 16.8. The Morgan fingerprint density at radius 3 is 2.79 bits per heavy atom. The van der Waals surface area contributed by atoms with E-state index in [0.29, 0.717) is 39.0 Å². The van der Waals surface area contributed by atoms with Crippen molar-refractivity contribution in [1.82, 2.24) is 20.2 Å². The summed E-state index contributed by atoms with van der Waals surface area (Å²) >= 11 is 18.3. The van der Waals surface area contributed by atoms with Crippen molar-refractivity contribution in [2.75, 3.05) is 12.4 Å². The lowest BCUT2D eigenvalue weighted by Crippen LogP contribution is -2.08. The van der Waals surface area contributed by atoms with Crippen LogP contribution in [0.1, 0.15) is 5.56 Å². The SMILES string of the molecule is COc1ccc(Cl)cc1CNc1nnnn1-c1cccc(Cl)c1Cl. The van der Waals surface area contributed by atoms with Gasteiger partial charge >= 0.3 is 0 Å². The Hall–Kier alpha value is -2.02. The van der Waals surface area contributed by atoms with E-state index in [-0.39, 0.29) is 0 Å². The van der Waals surface area contributed by atoms with Gasteiger partial charge in [0.25, 0.3) is 0 Å². The lowest BCUT2D eigenvalue weighted by molar-refractivity contribution is 0.410. The molecule has 3 aromatic rings. The molecule has 0 saturated carbocycles. The molecule has 2 aromatic carbocycles. The maximum absolute atomic E-state index is 6.23. The molecule has 0 fully saturated rings. The molecule has 1 N–H and O–H groups in total. The second-order valence-corrected chi connectivity index (χ2v) is 6.02. The van der Waals surface area contributed by atoms with E-state index in [1.54, 1.807) is 37.4 Å². The van der Waals surface area contributed by atoms with Gasteiger partial charge in [-0.25, -0.2) is 0 Å². The number of ether oxygens (including phenoxy) is 1. The van der Waals surface area contributed by atoms with E-state index in [1.165, 1.54) is 4.68 Å². The van der Waals surface area contributed by atoms with Crippen molar-refractivity contribution in [1.29, 1.82) is 0 Å². The van der Waals surface area contributed by atoms with Crippen molar-refractivity contribution in [3.05, 3.63) is 57.0 Å². The third-order valence-electron chi connectivity index (χ3n) is 3.31. The zero-order valence-electron chi connectivity index (χ0n) is 12.5. The van der Waals surface area contributed by atoms with Crippen LogP contribution in [-0.4, -0.2) is 27.3 Å². The average Bonchev–Trinajstić information content (AvgIpc) is 3.04. The second kappa shape index (κ2) is 7.25. The van der Waals surface area contributed by atoms with Gasteiger partial charge < -0.3 is 10.1 Å². The van der Waals surface area contributed by atoms with Gasteiger partial charge in [-0.05, 0) is 40.8 Å². The fourth-order valence-electron chi connectivity index (χ4n) is 2.18. The smallest absolute Gasteiger partial charge is 0.248 e. The standard InChI is InChI=1S/C15H12Cl3N5O/c1-24-13-6-5-10(16)7-9(13)8-19-15-20-21-22-23(15)12-4-2-3-11(17)14(12)18/h2-7H,8H2,1H3,(H,19,20,22). The Kier molecular flexibility index (Phi) is 5.08. The molecule has 6 nitrogen and oxygen atoms in total. The molecule has 0 amide bonds. The predicted molar refractivity (Wildman–Crippen MR) is 94.5 cm³/mol. The highest BCUT2D eigenvalue weighted by molar-refractivity contribution is 6.43. The zero-order valence-corrected chi connectivity index (χ0v) is 14.8. The van der Waals surface area contributed by atoms with Crippen LogP contribution >= 0.6 is 34.8 Å². The molecule has 0 aliphatic carbocycles. The van der Waals surface area contributed by atoms with Gasteiger partial charge in [-0.15, -0.1) is 0 Å². The minimum absolute atomic E-state index is 0.370. The maximum atomic E-state index is 6.23. The molecular formula is C15H12Cl3N5O. The van der Waals surface area contributed by atoms with E-state index in [0.717, 1.165) is 5.56 Å². The van der Waals surface area contributed by atoms with Crippen molar-refractivity contribution < 1.29 is 4.74 Å². The van der Waals surface area contributed by atoms with Crippen molar-refractivity contribution >= 4 is 40.8 Å². The Bertz CT molecular complexity index is 868. The van der Waals surface area contributed by atoms with E-state index in [9.17, 15) is 0 Å². The van der Waals surface area contributed by atoms with Crippen molar-refractivity contribution in [2.45, 2.75) is 6.54 Å². The molecule has 3 rings (SSSR count). The molecule has 0 saturated heterocycles.